The molecular weight excluding hydrogens is 332 g/mol. The largest absolute Gasteiger partial charge is 0.489 e. The molecule has 0 aromatic heterocycles. The Kier molecular flexibility index (Phi) is 5.70. The molecule has 0 unspecified atom stereocenters. The molecule has 3 aromatic rings. The molecule has 1 heterocycles. The third kappa shape index (κ3) is 4.89. The highest BCUT2D eigenvalue weighted by molar-refractivity contribution is 5.46. The van der Waals surface area contributed by atoms with Crippen molar-refractivity contribution in [3.05, 3.63) is 96.1 Å². The lowest BCUT2D eigenvalue weighted by atomic mass is 10.1. The summed E-state index contributed by atoms with van der Waals surface area (Å²) in [5.41, 5.74) is 3.89. The molecular formula is C24H27N2O+. The molecule has 0 spiro atoms. The topological polar surface area (TPSA) is 16.9 Å². The Morgan fingerprint density at radius 1 is 0.741 bits per heavy atom. The number of ether oxygens (including phenoxy) is 1. The molecule has 0 saturated carbocycles. The molecule has 1 saturated heterocycles. The van der Waals surface area contributed by atoms with Gasteiger partial charge < -0.3 is 14.5 Å². The van der Waals surface area contributed by atoms with Gasteiger partial charge in [0, 0.05) is 11.3 Å². The lowest BCUT2D eigenvalue weighted by Gasteiger charge is -2.33. The van der Waals surface area contributed by atoms with E-state index in [-0.39, 0.29) is 0 Å². The van der Waals surface area contributed by atoms with E-state index >= 15 is 0 Å². The van der Waals surface area contributed by atoms with E-state index in [0.29, 0.717) is 6.61 Å². The minimum absolute atomic E-state index is 0.618. The Morgan fingerprint density at radius 2 is 1.41 bits per heavy atom. The highest BCUT2D eigenvalue weighted by Crippen LogP contribution is 2.15. The number of quaternary nitrogens is 1. The number of para-hydroxylation sites is 1. The molecule has 4 rings (SSSR count). The quantitative estimate of drug-likeness (QED) is 0.728. The Hall–Kier alpha value is -2.78. The Balaban J connectivity index is 1.30. The van der Waals surface area contributed by atoms with E-state index < -0.39 is 0 Å². The Bertz CT molecular complexity index is 827. The summed E-state index contributed by atoms with van der Waals surface area (Å²) in [6, 6.07) is 29.6. The van der Waals surface area contributed by atoms with Crippen LogP contribution in [0.25, 0.3) is 0 Å². The van der Waals surface area contributed by atoms with Crippen molar-refractivity contribution < 1.29 is 9.64 Å². The maximum absolute atomic E-state index is 5.98. The first-order chi connectivity index (χ1) is 13.4. The van der Waals surface area contributed by atoms with E-state index in [1.807, 2.05) is 18.2 Å². The molecule has 0 radical (unpaired) electrons. The summed E-state index contributed by atoms with van der Waals surface area (Å²) < 4.78 is 5.98. The molecule has 138 valence electrons. The lowest BCUT2D eigenvalue weighted by Crippen LogP contribution is -3.13. The van der Waals surface area contributed by atoms with Crippen molar-refractivity contribution in [2.45, 2.75) is 13.2 Å². The van der Waals surface area contributed by atoms with Crippen molar-refractivity contribution in [3.8, 4) is 5.75 Å². The maximum Gasteiger partial charge on any atom is 0.120 e. The van der Waals surface area contributed by atoms with Gasteiger partial charge in [-0.25, -0.2) is 0 Å². The second-order valence-electron chi connectivity index (χ2n) is 7.17. The fraction of sp³-hybridized carbons (Fsp3) is 0.250. The van der Waals surface area contributed by atoms with Crippen LogP contribution in [0.5, 0.6) is 5.75 Å². The first kappa shape index (κ1) is 17.6. The zero-order chi connectivity index (χ0) is 18.3. The first-order valence-electron chi connectivity index (χ1n) is 9.76. The van der Waals surface area contributed by atoms with Gasteiger partial charge in [-0.2, -0.15) is 0 Å². The number of rotatable bonds is 6. The fourth-order valence-corrected chi connectivity index (χ4v) is 3.67. The summed E-state index contributed by atoms with van der Waals surface area (Å²) in [5.74, 6) is 0.957. The summed E-state index contributed by atoms with van der Waals surface area (Å²) in [6.45, 7) is 6.25. The van der Waals surface area contributed by atoms with Crippen LogP contribution in [0, 0.1) is 0 Å². The molecule has 1 aliphatic rings. The highest BCUT2D eigenvalue weighted by Gasteiger charge is 2.20. The van der Waals surface area contributed by atoms with Crippen LogP contribution < -0.4 is 14.5 Å². The van der Waals surface area contributed by atoms with Gasteiger partial charge in [-0.05, 0) is 29.8 Å². The highest BCUT2D eigenvalue weighted by atomic mass is 16.5. The van der Waals surface area contributed by atoms with Crippen molar-refractivity contribution in [1.29, 1.82) is 0 Å². The van der Waals surface area contributed by atoms with Gasteiger partial charge in [0.25, 0.3) is 0 Å². The van der Waals surface area contributed by atoms with Crippen molar-refractivity contribution in [2.75, 3.05) is 31.1 Å². The van der Waals surface area contributed by atoms with Gasteiger partial charge in [-0.15, -0.1) is 0 Å². The average molecular weight is 359 g/mol. The summed E-state index contributed by atoms with van der Waals surface area (Å²) in [6.07, 6.45) is 0. The molecule has 3 aromatic carbocycles. The van der Waals surface area contributed by atoms with E-state index in [0.717, 1.165) is 25.4 Å². The zero-order valence-electron chi connectivity index (χ0n) is 15.7. The van der Waals surface area contributed by atoms with E-state index in [1.54, 1.807) is 4.90 Å². The molecule has 1 N–H and O–H groups in total. The summed E-state index contributed by atoms with van der Waals surface area (Å²) in [5, 5.41) is 0. The predicted molar refractivity (Wildman–Crippen MR) is 110 cm³/mol. The molecule has 27 heavy (non-hydrogen) atoms. The molecule has 1 aliphatic heterocycles. The summed E-state index contributed by atoms with van der Waals surface area (Å²) in [4.78, 5) is 4.13. The smallest absolute Gasteiger partial charge is 0.120 e. The second-order valence-corrected chi connectivity index (χ2v) is 7.17. The molecule has 0 amide bonds. The normalized spacial score (nSPS) is 14.9. The maximum atomic E-state index is 5.98. The monoisotopic (exact) mass is 359 g/mol. The lowest BCUT2D eigenvalue weighted by molar-refractivity contribution is -0.914. The third-order valence-corrected chi connectivity index (χ3v) is 5.19. The minimum atomic E-state index is 0.618. The number of hydrogen-bond acceptors (Lipinski definition) is 2. The number of nitrogens with one attached hydrogen (secondary N) is 1. The number of nitrogens with zero attached hydrogens (tertiary/aromatic N) is 1. The first-order valence-corrected chi connectivity index (χ1v) is 9.76. The van der Waals surface area contributed by atoms with Crippen LogP contribution in [0.1, 0.15) is 11.1 Å². The van der Waals surface area contributed by atoms with Crippen LogP contribution in [0.15, 0.2) is 84.9 Å². The van der Waals surface area contributed by atoms with E-state index in [2.05, 4.69) is 71.6 Å². The molecule has 0 atom stereocenters. The van der Waals surface area contributed by atoms with Crippen molar-refractivity contribution in [2.24, 2.45) is 0 Å². The predicted octanol–water partition coefficient (Wildman–Crippen LogP) is 3.17. The molecule has 0 aliphatic carbocycles. The van der Waals surface area contributed by atoms with E-state index in [9.17, 15) is 0 Å². The standard InChI is InChI=1S/C24H26N2O/c1-3-8-21(9-4-1)20-27-24-13-7-10-22(18-24)19-25-14-16-26(17-15-25)23-11-5-2-6-12-23/h1-13,18H,14-17,19-20H2/p+1. The number of piperazine rings is 1. The van der Waals surface area contributed by atoms with Gasteiger partial charge in [0.2, 0.25) is 0 Å². The van der Waals surface area contributed by atoms with Crippen LogP contribution >= 0.6 is 0 Å². The van der Waals surface area contributed by atoms with Crippen LogP contribution in [-0.4, -0.2) is 26.2 Å². The van der Waals surface area contributed by atoms with E-state index in [1.165, 1.54) is 29.9 Å². The second kappa shape index (κ2) is 8.74. The molecule has 3 heteroatoms. The fourth-order valence-electron chi connectivity index (χ4n) is 3.67. The zero-order valence-corrected chi connectivity index (χ0v) is 15.7. The summed E-state index contributed by atoms with van der Waals surface area (Å²) >= 11 is 0. The van der Waals surface area contributed by atoms with Crippen LogP contribution in [0.3, 0.4) is 0 Å². The average Bonchev–Trinajstić information content (AvgIpc) is 2.75. The van der Waals surface area contributed by atoms with Crippen LogP contribution in [-0.2, 0) is 13.2 Å². The van der Waals surface area contributed by atoms with Gasteiger partial charge >= 0.3 is 0 Å². The number of hydrogen-bond donors (Lipinski definition) is 1. The van der Waals surface area contributed by atoms with Gasteiger partial charge in [-0.3, -0.25) is 0 Å². The minimum Gasteiger partial charge on any atom is -0.489 e. The molecule has 1 fully saturated rings. The number of benzene rings is 3. The van der Waals surface area contributed by atoms with Crippen molar-refractivity contribution in [1.82, 2.24) is 0 Å². The van der Waals surface area contributed by atoms with Crippen molar-refractivity contribution in [3.63, 3.8) is 0 Å². The summed E-state index contributed by atoms with van der Waals surface area (Å²) in [7, 11) is 0. The van der Waals surface area contributed by atoms with Crippen molar-refractivity contribution >= 4 is 5.69 Å². The Labute approximate surface area is 161 Å². The van der Waals surface area contributed by atoms with Gasteiger partial charge in [0.05, 0.1) is 26.2 Å². The Morgan fingerprint density at radius 3 is 2.15 bits per heavy atom. The molecule has 3 nitrogen and oxygen atoms in total. The third-order valence-electron chi connectivity index (χ3n) is 5.19. The van der Waals surface area contributed by atoms with Gasteiger partial charge in [0.15, 0.2) is 0 Å². The van der Waals surface area contributed by atoms with Crippen LogP contribution in [0.4, 0.5) is 5.69 Å². The molecule has 0 bridgehead atoms. The van der Waals surface area contributed by atoms with Gasteiger partial charge in [0.1, 0.15) is 18.9 Å². The van der Waals surface area contributed by atoms with E-state index in [4.69, 9.17) is 4.74 Å². The number of anilines is 1. The van der Waals surface area contributed by atoms with Gasteiger partial charge in [-0.1, -0.05) is 60.7 Å². The van der Waals surface area contributed by atoms with Crippen LogP contribution in [0.2, 0.25) is 0 Å². The SMILES string of the molecule is c1ccc(COc2cccc(C[NH+]3CCN(c4ccccc4)CC3)c2)cc1.